The molecule has 0 saturated heterocycles. The SMILES string of the molecule is CCCC(Nc1ccc(N(CC)CC)cc1)C(=O)OCC. The van der Waals surface area contributed by atoms with Crippen LogP contribution in [0.3, 0.4) is 0 Å². The van der Waals surface area contributed by atoms with Gasteiger partial charge in [-0.25, -0.2) is 4.79 Å². The summed E-state index contributed by atoms with van der Waals surface area (Å²) in [6.07, 6.45) is 1.71. The van der Waals surface area contributed by atoms with Crippen LogP contribution in [0.1, 0.15) is 40.5 Å². The quantitative estimate of drug-likeness (QED) is 0.705. The van der Waals surface area contributed by atoms with E-state index in [2.05, 4.69) is 43.1 Å². The Kier molecular flexibility index (Phi) is 7.65. The zero-order valence-electron chi connectivity index (χ0n) is 13.7. The largest absolute Gasteiger partial charge is 0.464 e. The van der Waals surface area contributed by atoms with Gasteiger partial charge >= 0.3 is 5.97 Å². The van der Waals surface area contributed by atoms with Crippen molar-refractivity contribution in [2.24, 2.45) is 0 Å². The fourth-order valence-electron chi connectivity index (χ4n) is 2.34. The highest BCUT2D eigenvalue weighted by Crippen LogP contribution is 2.19. The number of esters is 1. The lowest BCUT2D eigenvalue weighted by Gasteiger charge is -2.22. The second-order valence-electron chi connectivity index (χ2n) is 4.96. The maximum Gasteiger partial charge on any atom is 0.328 e. The molecule has 4 nitrogen and oxygen atoms in total. The van der Waals surface area contributed by atoms with Crippen molar-refractivity contribution < 1.29 is 9.53 Å². The van der Waals surface area contributed by atoms with Crippen LogP contribution in [0, 0.1) is 0 Å². The average molecular weight is 292 g/mol. The van der Waals surface area contributed by atoms with Crippen molar-refractivity contribution in [2.45, 2.75) is 46.6 Å². The molecule has 4 heteroatoms. The van der Waals surface area contributed by atoms with E-state index in [0.29, 0.717) is 6.61 Å². The minimum absolute atomic E-state index is 0.174. The molecule has 1 aromatic rings. The van der Waals surface area contributed by atoms with Crippen LogP contribution in [0.2, 0.25) is 0 Å². The summed E-state index contributed by atoms with van der Waals surface area (Å²) in [5, 5.41) is 3.27. The van der Waals surface area contributed by atoms with E-state index in [1.54, 1.807) is 0 Å². The van der Waals surface area contributed by atoms with E-state index >= 15 is 0 Å². The number of carbonyl (C=O) groups is 1. The maximum absolute atomic E-state index is 11.9. The van der Waals surface area contributed by atoms with Crippen molar-refractivity contribution >= 4 is 17.3 Å². The van der Waals surface area contributed by atoms with Gasteiger partial charge in [-0.3, -0.25) is 0 Å². The lowest BCUT2D eigenvalue weighted by Crippen LogP contribution is -2.31. The summed E-state index contributed by atoms with van der Waals surface area (Å²) in [5.41, 5.74) is 2.16. The van der Waals surface area contributed by atoms with Crippen LogP contribution in [0.5, 0.6) is 0 Å². The first-order chi connectivity index (χ1) is 10.2. The number of hydrogen-bond acceptors (Lipinski definition) is 4. The van der Waals surface area contributed by atoms with Crippen LogP contribution in [-0.4, -0.2) is 31.7 Å². The van der Waals surface area contributed by atoms with Gasteiger partial charge in [-0.1, -0.05) is 13.3 Å². The second kappa shape index (κ2) is 9.27. The van der Waals surface area contributed by atoms with Gasteiger partial charge in [0.15, 0.2) is 0 Å². The standard InChI is InChI=1S/C17H28N2O2/c1-5-9-16(17(20)21-8-4)18-14-10-12-15(13-11-14)19(6-2)7-3/h10-13,16,18H,5-9H2,1-4H3. The molecule has 0 aliphatic carbocycles. The van der Waals surface area contributed by atoms with Gasteiger partial charge in [-0.15, -0.1) is 0 Å². The summed E-state index contributed by atoms with van der Waals surface area (Å²) in [4.78, 5) is 14.2. The van der Waals surface area contributed by atoms with Crippen molar-refractivity contribution in [2.75, 3.05) is 29.9 Å². The summed E-state index contributed by atoms with van der Waals surface area (Å²) in [5.74, 6) is -0.174. The van der Waals surface area contributed by atoms with E-state index in [9.17, 15) is 4.79 Å². The Hall–Kier alpha value is -1.71. The molecule has 0 aliphatic rings. The Morgan fingerprint density at radius 3 is 2.24 bits per heavy atom. The third kappa shape index (κ3) is 5.29. The van der Waals surface area contributed by atoms with E-state index in [1.165, 1.54) is 5.69 Å². The molecule has 0 spiro atoms. The predicted octanol–water partition coefficient (Wildman–Crippen LogP) is 3.68. The number of carbonyl (C=O) groups excluding carboxylic acids is 1. The molecule has 0 bridgehead atoms. The molecular weight excluding hydrogens is 264 g/mol. The molecule has 0 aromatic heterocycles. The van der Waals surface area contributed by atoms with Gasteiger partial charge in [-0.05, 0) is 51.5 Å². The molecule has 0 radical (unpaired) electrons. The molecule has 0 fully saturated rings. The second-order valence-corrected chi connectivity index (χ2v) is 4.96. The molecule has 1 atom stereocenters. The predicted molar refractivity (Wildman–Crippen MR) is 89.0 cm³/mol. The van der Waals surface area contributed by atoms with E-state index in [1.807, 2.05) is 19.1 Å². The summed E-state index contributed by atoms with van der Waals surface area (Å²) in [6.45, 7) is 10.6. The molecule has 1 rings (SSSR count). The molecule has 0 saturated carbocycles. The summed E-state index contributed by atoms with van der Waals surface area (Å²) < 4.78 is 5.12. The van der Waals surface area contributed by atoms with Crippen molar-refractivity contribution in [3.63, 3.8) is 0 Å². The third-order valence-corrected chi connectivity index (χ3v) is 3.49. The highest BCUT2D eigenvalue weighted by atomic mass is 16.5. The van der Waals surface area contributed by atoms with Crippen LogP contribution in [0.4, 0.5) is 11.4 Å². The number of anilines is 2. The van der Waals surface area contributed by atoms with Crippen LogP contribution in [-0.2, 0) is 9.53 Å². The van der Waals surface area contributed by atoms with Crippen LogP contribution in [0.15, 0.2) is 24.3 Å². The third-order valence-electron chi connectivity index (χ3n) is 3.49. The van der Waals surface area contributed by atoms with Gasteiger partial charge in [0.2, 0.25) is 0 Å². The fraction of sp³-hybridized carbons (Fsp3) is 0.588. The van der Waals surface area contributed by atoms with Gasteiger partial charge in [0.1, 0.15) is 6.04 Å². The molecule has 0 heterocycles. The fourth-order valence-corrected chi connectivity index (χ4v) is 2.34. The molecule has 0 amide bonds. The van der Waals surface area contributed by atoms with Crippen LogP contribution >= 0.6 is 0 Å². The van der Waals surface area contributed by atoms with Gasteiger partial charge in [0.05, 0.1) is 6.61 Å². The lowest BCUT2D eigenvalue weighted by molar-refractivity contribution is -0.144. The minimum Gasteiger partial charge on any atom is -0.464 e. The monoisotopic (exact) mass is 292 g/mol. The first kappa shape index (κ1) is 17.3. The molecular formula is C17H28N2O2. The van der Waals surface area contributed by atoms with Crippen molar-refractivity contribution in [1.82, 2.24) is 0 Å². The van der Waals surface area contributed by atoms with Gasteiger partial charge < -0.3 is 15.0 Å². The zero-order chi connectivity index (χ0) is 15.7. The average Bonchev–Trinajstić information content (AvgIpc) is 2.50. The number of rotatable bonds is 9. The Labute approximate surface area is 128 Å². The lowest BCUT2D eigenvalue weighted by atomic mass is 10.1. The highest BCUT2D eigenvalue weighted by Gasteiger charge is 2.18. The van der Waals surface area contributed by atoms with E-state index in [0.717, 1.165) is 31.6 Å². The number of ether oxygens (including phenoxy) is 1. The van der Waals surface area contributed by atoms with Gasteiger partial charge in [-0.2, -0.15) is 0 Å². The highest BCUT2D eigenvalue weighted by molar-refractivity contribution is 5.79. The molecule has 118 valence electrons. The van der Waals surface area contributed by atoms with Gasteiger partial charge in [0, 0.05) is 24.5 Å². The summed E-state index contributed by atoms with van der Waals surface area (Å²) >= 11 is 0. The number of nitrogens with zero attached hydrogens (tertiary/aromatic N) is 1. The first-order valence-electron chi connectivity index (χ1n) is 7.94. The van der Waals surface area contributed by atoms with Crippen LogP contribution in [0.25, 0.3) is 0 Å². The molecule has 1 aromatic carbocycles. The number of benzene rings is 1. The van der Waals surface area contributed by atoms with Crippen molar-refractivity contribution in [3.05, 3.63) is 24.3 Å². The Balaban J connectivity index is 2.73. The summed E-state index contributed by atoms with van der Waals surface area (Å²) in [6, 6.07) is 7.95. The Morgan fingerprint density at radius 2 is 1.76 bits per heavy atom. The Morgan fingerprint density at radius 1 is 1.14 bits per heavy atom. The Bertz CT molecular complexity index is 413. The molecule has 0 aliphatic heterocycles. The van der Waals surface area contributed by atoms with Gasteiger partial charge in [0.25, 0.3) is 0 Å². The summed E-state index contributed by atoms with van der Waals surface area (Å²) in [7, 11) is 0. The molecule has 1 N–H and O–H groups in total. The first-order valence-corrected chi connectivity index (χ1v) is 7.94. The zero-order valence-corrected chi connectivity index (χ0v) is 13.7. The van der Waals surface area contributed by atoms with E-state index < -0.39 is 0 Å². The maximum atomic E-state index is 11.9. The smallest absolute Gasteiger partial charge is 0.328 e. The normalized spacial score (nSPS) is 11.8. The number of hydrogen-bond donors (Lipinski definition) is 1. The topological polar surface area (TPSA) is 41.6 Å². The van der Waals surface area contributed by atoms with Crippen LogP contribution < -0.4 is 10.2 Å². The molecule has 1 unspecified atom stereocenters. The number of nitrogens with one attached hydrogen (secondary N) is 1. The minimum atomic E-state index is -0.269. The molecule has 21 heavy (non-hydrogen) atoms. The van der Waals surface area contributed by atoms with Crippen molar-refractivity contribution in [3.8, 4) is 0 Å². The van der Waals surface area contributed by atoms with Crippen molar-refractivity contribution in [1.29, 1.82) is 0 Å². The van der Waals surface area contributed by atoms with E-state index in [-0.39, 0.29) is 12.0 Å². The van der Waals surface area contributed by atoms with E-state index in [4.69, 9.17) is 4.74 Å².